The van der Waals surface area contributed by atoms with Gasteiger partial charge in [0.1, 0.15) is 23.6 Å². The predicted octanol–water partition coefficient (Wildman–Crippen LogP) is 2.79. The molecule has 0 atom stereocenters. The van der Waals surface area contributed by atoms with Crippen molar-refractivity contribution in [3.8, 4) is 17.4 Å². The van der Waals surface area contributed by atoms with Gasteiger partial charge in [-0.15, -0.1) is 0 Å². The van der Waals surface area contributed by atoms with Crippen molar-refractivity contribution in [1.29, 1.82) is 0 Å². The molecule has 0 radical (unpaired) electrons. The summed E-state index contributed by atoms with van der Waals surface area (Å²) in [5.41, 5.74) is 0. The van der Waals surface area contributed by atoms with E-state index < -0.39 is 10.0 Å². The minimum Gasteiger partial charge on any atom is -0.497 e. The summed E-state index contributed by atoms with van der Waals surface area (Å²) in [5, 5.41) is 0. The van der Waals surface area contributed by atoms with Gasteiger partial charge in [-0.25, -0.2) is 18.4 Å². The molecule has 1 aromatic heterocycles. The lowest BCUT2D eigenvalue weighted by Gasteiger charge is -2.34. The molecule has 0 spiro atoms. The molecule has 1 aliphatic rings. The van der Waals surface area contributed by atoms with Crippen molar-refractivity contribution in [3.63, 3.8) is 0 Å². The van der Waals surface area contributed by atoms with E-state index in [4.69, 9.17) is 9.47 Å². The third kappa shape index (κ3) is 4.37. The second-order valence-corrected chi connectivity index (χ2v) is 8.64. The fourth-order valence-electron chi connectivity index (χ4n) is 3.24. The summed E-state index contributed by atoms with van der Waals surface area (Å²) < 4.78 is 38.1. The Bertz CT molecular complexity index is 1100. The Kier molecular flexibility index (Phi) is 5.82. The number of methoxy groups -OCH3 is 1. The largest absolute Gasteiger partial charge is 0.497 e. The molecule has 2 heterocycles. The summed E-state index contributed by atoms with van der Waals surface area (Å²) in [6, 6.07) is 17.5. The molecule has 0 aliphatic carbocycles. The minimum atomic E-state index is -3.49. The van der Waals surface area contributed by atoms with E-state index >= 15 is 0 Å². The average molecular weight is 426 g/mol. The van der Waals surface area contributed by atoms with Gasteiger partial charge < -0.3 is 14.4 Å². The maximum Gasteiger partial charge on any atom is 0.243 e. The SMILES string of the molecule is COc1cccc(Oc2cc(N3CCN(S(=O)(=O)c4ccccc4)CC3)ncn2)c1. The van der Waals surface area contributed by atoms with Crippen LogP contribution in [0.1, 0.15) is 0 Å². The highest BCUT2D eigenvalue weighted by Gasteiger charge is 2.28. The monoisotopic (exact) mass is 426 g/mol. The molecule has 0 bridgehead atoms. The predicted molar refractivity (Wildman–Crippen MR) is 113 cm³/mol. The summed E-state index contributed by atoms with van der Waals surface area (Å²) in [6.07, 6.45) is 1.44. The molecular weight excluding hydrogens is 404 g/mol. The van der Waals surface area contributed by atoms with Crippen LogP contribution in [0.15, 0.2) is 71.9 Å². The molecule has 156 valence electrons. The van der Waals surface area contributed by atoms with Gasteiger partial charge >= 0.3 is 0 Å². The first-order valence-corrected chi connectivity index (χ1v) is 10.9. The van der Waals surface area contributed by atoms with Gasteiger partial charge in [0.15, 0.2) is 0 Å². The van der Waals surface area contributed by atoms with Gasteiger partial charge in [0.2, 0.25) is 15.9 Å². The third-order valence-electron chi connectivity index (χ3n) is 4.83. The van der Waals surface area contributed by atoms with E-state index in [1.54, 1.807) is 49.6 Å². The lowest BCUT2D eigenvalue weighted by Crippen LogP contribution is -2.48. The molecule has 1 aliphatic heterocycles. The van der Waals surface area contributed by atoms with Crippen LogP contribution in [0.5, 0.6) is 17.4 Å². The number of sulfonamides is 1. The van der Waals surface area contributed by atoms with Crippen LogP contribution >= 0.6 is 0 Å². The second kappa shape index (κ2) is 8.68. The second-order valence-electron chi connectivity index (χ2n) is 6.70. The summed E-state index contributed by atoms with van der Waals surface area (Å²) in [5.74, 6) is 2.41. The number of ether oxygens (including phenoxy) is 2. The van der Waals surface area contributed by atoms with Gasteiger partial charge in [-0.05, 0) is 24.3 Å². The van der Waals surface area contributed by atoms with E-state index in [0.717, 1.165) is 0 Å². The molecule has 1 saturated heterocycles. The van der Waals surface area contributed by atoms with Gasteiger partial charge in [-0.2, -0.15) is 4.31 Å². The lowest BCUT2D eigenvalue weighted by atomic mass is 10.3. The number of nitrogens with zero attached hydrogens (tertiary/aromatic N) is 4. The number of anilines is 1. The fraction of sp³-hybridized carbons (Fsp3) is 0.238. The third-order valence-corrected chi connectivity index (χ3v) is 6.75. The van der Waals surface area contributed by atoms with Crippen molar-refractivity contribution >= 4 is 15.8 Å². The Morgan fingerprint density at radius 1 is 0.867 bits per heavy atom. The maximum atomic E-state index is 12.8. The van der Waals surface area contributed by atoms with Crippen molar-refractivity contribution in [2.24, 2.45) is 0 Å². The molecule has 3 aromatic rings. The normalized spacial score (nSPS) is 15.0. The molecule has 0 unspecified atom stereocenters. The zero-order chi connectivity index (χ0) is 21.0. The van der Waals surface area contributed by atoms with Crippen molar-refractivity contribution < 1.29 is 17.9 Å². The first kappa shape index (κ1) is 20.1. The van der Waals surface area contributed by atoms with Crippen molar-refractivity contribution in [3.05, 3.63) is 67.0 Å². The molecule has 0 saturated carbocycles. The highest BCUT2D eigenvalue weighted by Crippen LogP contribution is 2.26. The highest BCUT2D eigenvalue weighted by atomic mass is 32.2. The Morgan fingerprint density at radius 2 is 1.60 bits per heavy atom. The molecule has 8 nitrogen and oxygen atoms in total. The number of hydrogen-bond donors (Lipinski definition) is 0. The van der Waals surface area contributed by atoms with Crippen LogP contribution in [0, 0.1) is 0 Å². The Hall–Kier alpha value is -3.17. The number of rotatable bonds is 6. The summed E-state index contributed by atoms with van der Waals surface area (Å²) in [6.45, 7) is 1.82. The number of hydrogen-bond acceptors (Lipinski definition) is 7. The summed E-state index contributed by atoms with van der Waals surface area (Å²) in [4.78, 5) is 10.8. The van der Waals surface area contributed by atoms with Gasteiger partial charge in [-0.1, -0.05) is 24.3 Å². The van der Waals surface area contributed by atoms with Crippen LogP contribution < -0.4 is 14.4 Å². The minimum absolute atomic E-state index is 0.314. The zero-order valence-electron chi connectivity index (χ0n) is 16.5. The Morgan fingerprint density at radius 3 is 2.33 bits per heavy atom. The Balaban J connectivity index is 1.43. The molecule has 30 heavy (non-hydrogen) atoms. The Labute approximate surface area is 175 Å². The quantitative estimate of drug-likeness (QED) is 0.599. The van der Waals surface area contributed by atoms with Gasteiger partial charge in [0.25, 0.3) is 0 Å². The van der Waals surface area contributed by atoms with Crippen LogP contribution in [0.25, 0.3) is 0 Å². The average Bonchev–Trinajstić information content (AvgIpc) is 2.80. The van der Waals surface area contributed by atoms with Crippen LogP contribution in [0.4, 0.5) is 5.82 Å². The van der Waals surface area contributed by atoms with E-state index in [1.807, 2.05) is 23.1 Å². The van der Waals surface area contributed by atoms with Crippen LogP contribution in [-0.2, 0) is 10.0 Å². The number of benzene rings is 2. The molecule has 0 N–H and O–H groups in total. The van der Waals surface area contributed by atoms with E-state index in [9.17, 15) is 8.42 Å². The van der Waals surface area contributed by atoms with E-state index in [-0.39, 0.29) is 0 Å². The van der Waals surface area contributed by atoms with Crippen molar-refractivity contribution in [1.82, 2.24) is 14.3 Å². The van der Waals surface area contributed by atoms with E-state index in [2.05, 4.69) is 9.97 Å². The summed E-state index contributed by atoms with van der Waals surface area (Å²) >= 11 is 0. The molecule has 2 aromatic carbocycles. The molecule has 9 heteroatoms. The lowest BCUT2D eigenvalue weighted by molar-refractivity contribution is 0.383. The first-order valence-electron chi connectivity index (χ1n) is 9.50. The standard InChI is InChI=1S/C21H22N4O4S/c1-28-17-6-5-7-18(14-17)29-21-15-20(22-16-23-21)24-10-12-25(13-11-24)30(26,27)19-8-3-2-4-9-19/h2-9,14-16H,10-13H2,1H3. The molecule has 4 rings (SSSR count). The maximum absolute atomic E-state index is 12.8. The smallest absolute Gasteiger partial charge is 0.243 e. The molecule has 1 fully saturated rings. The van der Waals surface area contributed by atoms with Crippen LogP contribution in [0.2, 0.25) is 0 Å². The van der Waals surface area contributed by atoms with Crippen molar-refractivity contribution in [2.45, 2.75) is 4.90 Å². The molecular formula is C21H22N4O4S. The highest BCUT2D eigenvalue weighted by molar-refractivity contribution is 7.89. The van der Waals surface area contributed by atoms with Crippen LogP contribution in [-0.4, -0.2) is 56.0 Å². The van der Waals surface area contributed by atoms with Crippen molar-refractivity contribution in [2.75, 3.05) is 38.2 Å². The van der Waals surface area contributed by atoms with Gasteiger partial charge in [0.05, 0.1) is 12.0 Å². The molecule has 0 amide bonds. The fourth-order valence-corrected chi connectivity index (χ4v) is 4.69. The summed E-state index contributed by atoms with van der Waals surface area (Å²) in [7, 11) is -1.89. The number of aromatic nitrogens is 2. The van der Waals surface area contributed by atoms with Crippen LogP contribution in [0.3, 0.4) is 0 Å². The topological polar surface area (TPSA) is 84.9 Å². The number of piperazine rings is 1. The van der Waals surface area contributed by atoms with E-state index in [1.165, 1.54) is 10.6 Å². The zero-order valence-corrected chi connectivity index (χ0v) is 17.3. The first-order chi connectivity index (χ1) is 14.6. The van der Waals surface area contributed by atoms with Gasteiger partial charge in [-0.3, -0.25) is 0 Å². The van der Waals surface area contributed by atoms with Gasteiger partial charge in [0, 0.05) is 38.3 Å². The van der Waals surface area contributed by atoms with E-state index in [0.29, 0.717) is 54.3 Å².